The minimum absolute atomic E-state index is 0.0268. The Balaban J connectivity index is 2.33. The molecule has 0 unspecified atom stereocenters. The van der Waals surface area contributed by atoms with Crippen molar-refractivity contribution in [3.05, 3.63) is 36.7 Å². The second-order valence-corrected chi connectivity index (χ2v) is 6.98. The van der Waals surface area contributed by atoms with Crippen LogP contribution in [0.15, 0.2) is 35.7 Å². The van der Waals surface area contributed by atoms with E-state index in [9.17, 15) is 14.7 Å². The molecule has 0 atom stereocenters. The largest absolute Gasteiger partial charge is 0.480 e. The number of nitrogens with zero attached hydrogens (tertiary/aromatic N) is 3. The molecular weight excluding hydrogens is 316 g/mol. The maximum atomic E-state index is 11.3. The molecule has 0 aromatic carbocycles. The van der Waals surface area contributed by atoms with Gasteiger partial charge in [-0.25, -0.2) is 9.97 Å². The number of aromatic nitrogens is 3. The molecule has 1 amide bonds. The zero-order chi connectivity index (χ0) is 17.0. The van der Waals surface area contributed by atoms with E-state index in [1.807, 2.05) is 0 Å². The molecule has 0 radical (unpaired) electrons. The Bertz CT molecular complexity index is 732. The average molecular weight is 332 g/mol. The number of thioether (sulfide) groups is 1. The standard InChI is InChI=1S/C15H16N4O3S/c1-15(2,14(21)22)23-11-3-4-17-8-10(11)9-6-18-13(19-7-9)5-12(16)20/h3-4,6-8H,5H2,1-2H3,(H2,16,20)(H,21,22). The van der Waals surface area contributed by atoms with Crippen molar-refractivity contribution < 1.29 is 14.7 Å². The van der Waals surface area contributed by atoms with Crippen LogP contribution in [0.5, 0.6) is 0 Å². The molecule has 7 nitrogen and oxygen atoms in total. The molecule has 2 aromatic heterocycles. The molecule has 0 saturated heterocycles. The van der Waals surface area contributed by atoms with Crippen molar-refractivity contribution in [2.45, 2.75) is 29.9 Å². The fraction of sp³-hybridized carbons (Fsp3) is 0.267. The van der Waals surface area contributed by atoms with Gasteiger partial charge in [0.25, 0.3) is 0 Å². The van der Waals surface area contributed by atoms with E-state index in [1.165, 1.54) is 11.8 Å². The monoisotopic (exact) mass is 332 g/mol. The van der Waals surface area contributed by atoms with Crippen molar-refractivity contribution in [2.75, 3.05) is 0 Å². The number of rotatable bonds is 6. The summed E-state index contributed by atoms with van der Waals surface area (Å²) in [6.07, 6.45) is 6.35. The van der Waals surface area contributed by atoms with E-state index in [1.54, 1.807) is 44.7 Å². The van der Waals surface area contributed by atoms with E-state index in [0.717, 1.165) is 10.5 Å². The molecule has 120 valence electrons. The number of nitrogens with two attached hydrogens (primary N) is 1. The highest BCUT2D eigenvalue weighted by atomic mass is 32.2. The molecule has 0 aliphatic carbocycles. The number of pyridine rings is 1. The number of hydrogen-bond acceptors (Lipinski definition) is 6. The minimum atomic E-state index is -0.983. The predicted molar refractivity (Wildman–Crippen MR) is 85.7 cm³/mol. The highest BCUT2D eigenvalue weighted by Gasteiger charge is 2.29. The van der Waals surface area contributed by atoms with E-state index in [4.69, 9.17) is 5.73 Å². The van der Waals surface area contributed by atoms with E-state index in [-0.39, 0.29) is 6.42 Å². The Morgan fingerprint density at radius 2 is 1.91 bits per heavy atom. The molecule has 2 rings (SSSR count). The Hall–Kier alpha value is -2.48. The normalized spacial score (nSPS) is 11.2. The summed E-state index contributed by atoms with van der Waals surface area (Å²) in [5, 5.41) is 9.28. The fourth-order valence-corrected chi connectivity index (χ4v) is 2.79. The molecule has 2 aromatic rings. The third-order valence-electron chi connectivity index (χ3n) is 3.01. The second-order valence-electron chi connectivity index (χ2n) is 5.32. The Morgan fingerprint density at radius 3 is 2.48 bits per heavy atom. The molecule has 2 heterocycles. The zero-order valence-corrected chi connectivity index (χ0v) is 13.5. The van der Waals surface area contributed by atoms with E-state index in [0.29, 0.717) is 11.4 Å². The number of carbonyl (C=O) groups is 2. The van der Waals surface area contributed by atoms with Gasteiger partial charge in [0, 0.05) is 40.8 Å². The lowest BCUT2D eigenvalue weighted by Gasteiger charge is -2.20. The lowest BCUT2D eigenvalue weighted by atomic mass is 10.1. The van der Waals surface area contributed by atoms with Gasteiger partial charge in [-0.1, -0.05) is 0 Å². The molecule has 0 aliphatic heterocycles. The SMILES string of the molecule is CC(C)(Sc1ccncc1-c1cnc(CC(N)=O)nc1)C(=O)O. The van der Waals surface area contributed by atoms with Crippen LogP contribution in [0.1, 0.15) is 19.7 Å². The van der Waals surface area contributed by atoms with Crippen LogP contribution in [0, 0.1) is 0 Å². The molecule has 0 bridgehead atoms. The van der Waals surface area contributed by atoms with Crippen molar-refractivity contribution in [1.82, 2.24) is 15.0 Å². The fourth-order valence-electron chi connectivity index (χ4n) is 1.75. The number of primary amides is 1. The van der Waals surface area contributed by atoms with Crippen LogP contribution in [0.3, 0.4) is 0 Å². The van der Waals surface area contributed by atoms with E-state index >= 15 is 0 Å². The minimum Gasteiger partial charge on any atom is -0.480 e. The smallest absolute Gasteiger partial charge is 0.319 e. The summed E-state index contributed by atoms with van der Waals surface area (Å²) < 4.78 is -0.983. The van der Waals surface area contributed by atoms with Gasteiger partial charge in [-0.05, 0) is 19.9 Å². The summed E-state index contributed by atoms with van der Waals surface area (Å²) in [7, 11) is 0. The summed E-state index contributed by atoms with van der Waals surface area (Å²) in [6.45, 7) is 3.27. The highest BCUT2D eigenvalue weighted by molar-refractivity contribution is 8.01. The van der Waals surface area contributed by atoms with Gasteiger partial charge in [0.1, 0.15) is 10.6 Å². The van der Waals surface area contributed by atoms with Crippen molar-refractivity contribution >= 4 is 23.6 Å². The molecular formula is C15H16N4O3S. The van der Waals surface area contributed by atoms with Gasteiger partial charge in [-0.2, -0.15) is 0 Å². The highest BCUT2D eigenvalue weighted by Crippen LogP contribution is 2.38. The van der Waals surface area contributed by atoms with Gasteiger partial charge < -0.3 is 10.8 Å². The summed E-state index contributed by atoms with van der Waals surface area (Å²) in [4.78, 5) is 35.2. The third-order valence-corrected chi connectivity index (χ3v) is 4.27. The number of carboxylic acids is 1. The first-order valence-electron chi connectivity index (χ1n) is 6.75. The van der Waals surface area contributed by atoms with Crippen molar-refractivity contribution in [2.24, 2.45) is 5.73 Å². The van der Waals surface area contributed by atoms with E-state index < -0.39 is 16.6 Å². The first-order valence-corrected chi connectivity index (χ1v) is 7.57. The maximum Gasteiger partial charge on any atom is 0.319 e. The van der Waals surface area contributed by atoms with Crippen LogP contribution in [0.2, 0.25) is 0 Å². The Morgan fingerprint density at radius 1 is 1.26 bits per heavy atom. The first-order chi connectivity index (χ1) is 10.8. The predicted octanol–water partition coefficient (Wildman–Crippen LogP) is 1.52. The Labute approximate surface area is 137 Å². The quantitative estimate of drug-likeness (QED) is 0.770. The van der Waals surface area contributed by atoms with Gasteiger partial charge >= 0.3 is 5.97 Å². The topological polar surface area (TPSA) is 119 Å². The number of carbonyl (C=O) groups excluding carboxylic acids is 1. The van der Waals surface area contributed by atoms with Crippen molar-refractivity contribution in [3.63, 3.8) is 0 Å². The first kappa shape index (κ1) is 16.9. The molecule has 0 saturated carbocycles. The van der Waals surface area contributed by atoms with E-state index in [2.05, 4.69) is 15.0 Å². The second kappa shape index (κ2) is 6.74. The summed E-state index contributed by atoms with van der Waals surface area (Å²) >= 11 is 1.22. The van der Waals surface area contributed by atoms with Crippen LogP contribution in [-0.2, 0) is 16.0 Å². The lowest BCUT2D eigenvalue weighted by molar-refractivity contribution is -0.138. The van der Waals surface area contributed by atoms with Crippen LogP contribution in [0.25, 0.3) is 11.1 Å². The molecule has 3 N–H and O–H groups in total. The summed E-state index contributed by atoms with van der Waals surface area (Å²) in [5.41, 5.74) is 6.53. The van der Waals surface area contributed by atoms with Crippen LogP contribution in [0.4, 0.5) is 0 Å². The van der Waals surface area contributed by atoms with Crippen LogP contribution >= 0.6 is 11.8 Å². The third kappa shape index (κ3) is 4.26. The van der Waals surface area contributed by atoms with Crippen LogP contribution < -0.4 is 5.73 Å². The van der Waals surface area contributed by atoms with Gasteiger partial charge in [0.2, 0.25) is 5.91 Å². The number of amides is 1. The molecule has 0 aliphatic rings. The molecule has 0 fully saturated rings. The van der Waals surface area contributed by atoms with Gasteiger partial charge in [0.05, 0.1) is 6.42 Å². The van der Waals surface area contributed by atoms with Crippen molar-refractivity contribution in [3.8, 4) is 11.1 Å². The number of hydrogen-bond donors (Lipinski definition) is 2. The van der Waals surface area contributed by atoms with Crippen LogP contribution in [-0.4, -0.2) is 36.7 Å². The Kier molecular flexibility index (Phi) is 4.95. The molecule has 23 heavy (non-hydrogen) atoms. The van der Waals surface area contributed by atoms with Crippen molar-refractivity contribution in [1.29, 1.82) is 0 Å². The molecule has 8 heteroatoms. The summed E-state index contributed by atoms with van der Waals surface area (Å²) in [5.74, 6) is -1.07. The van der Waals surface area contributed by atoms with Gasteiger partial charge in [-0.15, -0.1) is 11.8 Å². The maximum absolute atomic E-state index is 11.3. The summed E-state index contributed by atoms with van der Waals surface area (Å²) in [6, 6.07) is 1.75. The number of aliphatic carboxylic acids is 1. The number of carboxylic acid groups (broad SMARTS) is 1. The lowest BCUT2D eigenvalue weighted by Crippen LogP contribution is -2.27. The average Bonchev–Trinajstić information content (AvgIpc) is 2.47. The zero-order valence-electron chi connectivity index (χ0n) is 12.7. The van der Waals surface area contributed by atoms with Gasteiger partial charge in [-0.3, -0.25) is 14.6 Å². The molecule has 0 spiro atoms. The van der Waals surface area contributed by atoms with Gasteiger partial charge in [0.15, 0.2) is 0 Å².